The lowest BCUT2D eigenvalue weighted by atomic mass is 10.1. The molecule has 1 aromatic carbocycles. The van der Waals surface area contributed by atoms with Gasteiger partial charge >= 0.3 is 12.0 Å². The molecule has 0 unspecified atom stereocenters. The van der Waals surface area contributed by atoms with Crippen LogP contribution in [-0.4, -0.2) is 29.6 Å². The van der Waals surface area contributed by atoms with Crippen LogP contribution < -0.4 is 16.4 Å². The molecule has 0 aromatic heterocycles. The van der Waals surface area contributed by atoms with Crippen LogP contribution in [0.4, 0.5) is 10.5 Å². The molecule has 0 saturated carbocycles. The van der Waals surface area contributed by atoms with Crippen LogP contribution in [0.5, 0.6) is 0 Å². The molecule has 0 atom stereocenters. The number of rotatable bonds is 6. The third kappa shape index (κ3) is 6.06. The maximum Gasteiger partial charge on any atom is 0.319 e. The first kappa shape index (κ1) is 14.5. The molecule has 0 fully saturated rings. The molecule has 19 heavy (non-hydrogen) atoms. The Balaban J connectivity index is 2.42. The summed E-state index contributed by atoms with van der Waals surface area (Å²) in [5.41, 5.74) is 6.11. The fourth-order valence-electron chi connectivity index (χ4n) is 1.36. The van der Waals surface area contributed by atoms with Crippen LogP contribution in [0.2, 0.25) is 0 Å². The third-order valence-corrected chi connectivity index (χ3v) is 2.22. The number of anilines is 1. The number of aliphatic carboxylic acids is 1. The van der Waals surface area contributed by atoms with Crippen LogP contribution in [0.25, 0.3) is 0 Å². The molecule has 7 nitrogen and oxygen atoms in total. The maximum absolute atomic E-state index is 11.4. The quantitative estimate of drug-likeness (QED) is 0.591. The van der Waals surface area contributed by atoms with Gasteiger partial charge in [-0.3, -0.25) is 9.59 Å². The highest BCUT2D eigenvalue weighted by Crippen LogP contribution is 2.09. The van der Waals surface area contributed by atoms with Crippen molar-refractivity contribution < 1.29 is 19.5 Å². The van der Waals surface area contributed by atoms with Gasteiger partial charge in [-0.1, -0.05) is 12.1 Å². The van der Waals surface area contributed by atoms with Gasteiger partial charge in [-0.2, -0.15) is 0 Å². The number of hydrogen-bond donors (Lipinski definition) is 4. The average molecular weight is 265 g/mol. The molecule has 1 rings (SSSR count). The zero-order valence-corrected chi connectivity index (χ0v) is 10.2. The lowest BCUT2D eigenvalue weighted by Gasteiger charge is -2.07. The van der Waals surface area contributed by atoms with Crippen molar-refractivity contribution in [1.29, 1.82) is 0 Å². The molecule has 7 heteroatoms. The molecule has 102 valence electrons. The summed E-state index contributed by atoms with van der Waals surface area (Å²) < 4.78 is 0. The highest BCUT2D eigenvalue weighted by molar-refractivity contribution is 5.89. The minimum atomic E-state index is -0.912. The SMILES string of the molecule is NC(=O)CCNC(=O)Nc1ccc(CC(=O)O)cc1. The normalized spacial score (nSPS) is 9.68. The molecular formula is C12H15N3O4. The Bertz CT molecular complexity index is 470. The van der Waals surface area contributed by atoms with Crippen molar-refractivity contribution >= 4 is 23.6 Å². The van der Waals surface area contributed by atoms with Gasteiger partial charge in [0.2, 0.25) is 5.91 Å². The number of carboxylic acids is 1. The van der Waals surface area contributed by atoms with Crippen LogP contribution >= 0.6 is 0 Å². The number of carboxylic acid groups (broad SMARTS) is 1. The van der Waals surface area contributed by atoms with Gasteiger partial charge in [-0.15, -0.1) is 0 Å². The van der Waals surface area contributed by atoms with Gasteiger partial charge in [-0.25, -0.2) is 4.79 Å². The minimum absolute atomic E-state index is 0.0644. The molecule has 0 radical (unpaired) electrons. The largest absolute Gasteiger partial charge is 0.481 e. The standard InChI is InChI=1S/C12H15N3O4/c13-10(16)5-6-14-12(19)15-9-3-1-8(2-4-9)7-11(17)18/h1-4H,5-7H2,(H2,13,16)(H,17,18)(H2,14,15,19). The van der Waals surface area contributed by atoms with Crippen molar-refractivity contribution in [2.45, 2.75) is 12.8 Å². The van der Waals surface area contributed by atoms with Crippen LogP contribution in [0.1, 0.15) is 12.0 Å². The molecule has 0 spiro atoms. The molecule has 0 heterocycles. The Morgan fingerprint density at radius 1 is 1.16 bits per heavy atom. The number of hydrogen-bond acceptors (Lipinski definition) is 3. The highest BCUT2D eigenvalue weighted by atomic mass is 16.4. The number of carbonyl (C=O) groups is 3. The minimum Gasteiger partial charge on any atom is -0.481 e. The second-order valence-corrected chi connectivity index (χ2v) is 3.86. The van der Waals surface area contributed by atoms with Crippen molar-refractivity contribution in [3.05, 3.63) is 29.8 Å². The summed E-state index contributed by atoms with van der Waals surface area (Å²) >= 11 is 0. The van der Waals surface area contributed by atoms with Crippen molar-refractivity contribution in [3.63, 3.8) is 0 Å². The number of urea groups is 1. The first-order valence-electron chi connectivity index (χ1n) is 5.61. The van der Waals surface area contributed by atoms with Gasteiger partial charge in [0.15, 0.2) is 0 Å². The first-order chi connectivity index (χ1) is 8.97. The van der Waals surface area contributed by atoms with Crippen LogP contribution in [0.3, 0.4) is 0 Å². The summed E-state index contributed by atoms with van der Waals surface area (Å²) in [7, 11) is 0. The summed E-state index contributed by atoms with van der Waals surface area (Å²) in [6.07, 6.45) is 0.00998. The van der Waals surface area contributed by atoms with Gasteiger partial charge in [0.1, 0.15) is 0 Å². The van der Waals surface area contributed by atoms with Gasteiger partial charge in [0.25, 0.3) is 0 Å². The van der Waals surface area contributed by atoms with Crippen molar-refractivity contribution in [3.8, 4) is 0 Å². The van der Waals surface area contributed by atoms with E-state index in [9.17, 15) is 14.4 Å². The number of carbonyl (C=O) groups excluding carboxylic acids is 2. The van der Waals surface area contributed by atoms with E-state index in [-0.39, 0.29) is 19.4 Å². The van der Waals surface area contributed by atoms with E-state index in [0.29, 0.717) is 11.3 Å². The van der Waals surface area contributed by atoms with Crippen LogP contribution in [0.15, 0.2) is 24.3 Å². The Morgan fingerprint density at radius 2 is 1.79 bits per heavy atom. The average Bonchev–Trinajstić information content (AvgIpc) is 2.30. The summed E-state index contributed by atoms with van der Waals surface area (Å²) in [5.74, 6) is -1.40. The van der Waals surface area contributed by atoms with Crippen molar-refractivity contribution in [2.24, 2.45) is 5.73 Å². The molecule has 1 aromatic rings. The zero-order valence-electron chi connectivity index (χ0n) is 10.2. The maximum atomic E-state index is 11.4. The van der Waals surface area contributed by atoms with E-state index in [2.05, 4.69) is 10.6 Å². The van der Waals surface area contributed by atoms with Gasteiger partial charge < -0.3 is 21.5 Å². The highest BCUT2D eigenvalue weighted by Gasteiger charge is 2.03. The predicted octanol–water partition coefficient (Wildman–Crippen LogP) is 0.311. The second kappa shape index (κ2) is 7.00. The van der Waals surface area contributed by atoms with E-state index in [4.69, 9.17) is 10.8 Å². The molecule has 3 amide bonds. The fourth-order valence-corrected chi connectivity index (χ4v) is 1.36. The first-order valence-corrected chi connectivity index (χ1v) is 5.61. The summed E-state index contributed by atoms with van der Waals surface area (Å²) in [6.45, 7) is 0.165. The number of nitrogens with two attached hydrogens (primary N) is 1. The number of amides is 3. The predicted molar refractivity (Wildman–Crippen MR) is 68.6 cm³/mol. The third-order valence-electron chi connectivity index (χ3n) is 2.22. The van der Waals surface area contributed by atoms with E-state index in [1.165, 1.54) is 0 Å². The van der Waals surface area contributed by atoms with Gasteiger partial charge in [0.05, 0.1) is 6.42 Å². The van der Waals surface area contributed by atoms with Crippen LogP contribution in [-0.2, 0) is 16.0 Å². The monoisotopic (exact) mass is 265 g/mol. The molecule has 0 aliphatic carbocycles. The van der Waals surface area contributed by atoms with E-state index < -0.39 is 17.9 Å². The molecule has 5 N–H and O–H groups in total. The number of primary amides is 1. The second-order valence-electron chi connectivity index (χ2n) is 3.86. The molecule has 0 saturated heterocycles. The lowest BCUT2D eigenvalue weighted by molar-refractivity contribution is -0.136. The number of benzene rings is 1. The van der Waals surface area contributed by atoms with E-state index in [0.717, 1.165) is 0 Å². The Morgan fingerprint density at radius 3 is 2.32 bits per heavy atom. The molecule has 0 bridgehead atoms. The Labute approximate surface area is 109 Å². The molecule has 0 aliphatic rings. The molecular weight excluding hydrogens is 250 g/mol. The topological polar surface area (TPSA) is 122 Å². The van der Waals surface area contributed by atoms with Crippen LogP contribution in [0, 0.1) is 0 Å². The zero-order chi connectivity index (χ0) is 14.3. The molecule has 0 aliphatic heterocycles. The van der Waals surface area contributed by atoms with Crippen molar-refractivity contribution in [2.75, 3.05) is 11.9 Å². The fraction of sp³-hybridized carbons (Fsp3) is 0.250. The number of nitrogens with one attached hydrogen (secondary N) is 2. The Hall–Kier alpha value is -2.57. The summed E-state index contributed by atoms with van der Waals surface area (Å²) in [4.78, 5) is 32.3. The van der Waals surface area contributed by atoms with E-state index in [1.807, 2.05) is 0 Å². The summed E-state index contributed by atoms with van der Waals surface area (Å²) in [5, 5.41) is 13.6. The summed E-state index contributed by atoms with van der Waals surface area (Å²) in [6, 6.07) is 5.99. The Kier molecular flexibility index (Phi) is 5.34. The van der Waals surface area contributed by atoms with Gasteiger partial charge in [-0.05, 0) is 17.7 Å². The van der Waals surface area contributed by atoms with E-state index >= 15 is 0 Å². The smallest absolute Gasteiger partial charge is 0.319 e. The van der Waals surface area contributed by atoms with E-state index in [1.54, 1.807) is 24.3 Å². The van der Waals surface area contributed by atoms with Crippen molar-refractivity contribution in [1.82, 2.24) is 5.32 Å². The lowest BCUT2D eigenvalue weighted by Crippen LogP contribution is -2.31. The van der Waals surface area contributed by atoms with Gasteiger partial charge in [0, 0.05) is 18.7 Å².